The Bertz CT molecular complexity index is 518. The summed E-state index contributed by atoms with van der Waals surface area (Å²) in [5.74, 6) is -2.28. The monoisotopic (exact) mass is 387 g/mol. The Labute approximate surface area is 159 Å². The average molecular weight is 388 g/mol. The van der Waals surface area contributed by atoms with Crippen LogP contribution in [0.4, 0.5) is 0 Å². The van der Waals surface area contributed by atoms with Crippen LogP contribution in [0.1, 0.15) is 70.6 Å². The van der Waals surface area contributed by atoms with E-state index in [1.165, 1.54) is 0 Å². The highest BCUT2D eigenvalue weighted by Gasteiger charge is 2.44. The van der Waals surface area contributed by atoms with Crippen LogP contribution in [-0.2, 0) is 14.4 Å². The van der Waals surface area contributed by atoms with Gasteiger partial charge < -0.3 is 15.5 Å². The standard InChI is InChI=1S/C19H30ClNO5/c20-10-4-6-14(17(24)25)12-19(8-1-2-9-19)18(26)21-15-7-3-5-13(11-15)16(22)23/h13-15H,1-12H2,(H,21,26)(H,22,23)(H,24,25). The first-order chi connectivity index (χ1) is 12.4. The maximum absolute atomic E-state index is 13.1. The number of carboxylic acid groups (broad SMARTS) is 2. The van der Waals surface area contributed by atoms with Crippen molar-refractivity contribution in [3.05, 3.63) is 0 Å². The number of amides is 1. The molecule has 2 aliphatic carbocycles. The lowest BCUT2D eigenvalue weighted by Crippen LogP contribution is -2.47. The number of halogens is 1. The molecule has 0 spiro atoms. The zero-order chi connectivity index (χ0) is 19.2. The maximum atomic E-state index is 13.1. The molecule has 0 bridgehead atoms. The van der Waals surface area contributed by atoms with Gasteiger partial charge in [0.2, 0.25) is 5.91 Å². The van der Waals surface area contributed by atoms with E-state index in [0.29, 0.717) is 50.8 Å². The van der Waals surface area contributed by atoms with Gasteiger partial charge in [-0.3, -0.25) is 14.4 Å². The number of nitrogens with one attached hydrogen (secondary N) is 1. The van der Waals surface area contributed by atoms with Crippen LogP contribution in [0.5, 0.6) is 0 Å². The van der Waals surface area contributed by atoms with Crippen molar-refractivity contribution in [3.8, 4) is 0 Å². The number of carbonyl (C=O) groups excluding carboxylic acids is 1. The Morgan fingerprint density at radius 2 is 1.81 bits per heavy atom. The van der Waals surface area contributed by atoms with Crippen LogP contribution in [-0.4, -0.2) is 40.0 Å². The molecule has 0 aliphatic heterocycles. The van der Waals surface area contributed by atoms with E-state index in [1.54, 1.807) is 0 Å². The van der Waals surface area contributed by atoms with Gasteiger partial charge in [-0.15, -0.1) is 11.6 Å². The second kappa shape index (κ2) is 9.58. The molecule has 0 heterocycles. The number of carbonyl (C=O) groups is 3. The normalized spacial score (nSPS) is 26.2. The van der Waals surface area contributed by atoms with E-state index in [1.807, 2.05) is 0 Å². The first-order valence-corrected chi connectivity index (χ1v) is 10.2. The molecular weight excluding hydrogens is 358 g/mol. The highest BCUT2D eigenvalue weighted by Crippen LogP contribution is 2.44. The fraction of sp³-hybridized carbons (Fsp3) is 0.842. The molecule has 2 rings (SSSR count). The summed E-state index contributed by atoms with van der Waals surface area (Å²) in [6.45, 7) is 0. The minimum atomic E-state index is -0.863. The Hall–Kier alpha value is -1.30. The maximum Gasteiger partial charge on any atom is 0.306 e. The van der Waals surface area contributed by atoms with E-state index in [-0.39, 0.29) is 11.9 Å². The summed E-state index contributed by atoms with van der Waals surface area (Å²) in [6, 6.07) is -0.124. The van der Waals surface area contributed by atoms with Crippen molar-refractivity contribution in [1.29, 1.82) is 0 Å². The van der Waals surface area contributed by atoms with E-state index in [4.69, 9.17) is 11.6 Å². The Morgan fingerprint density at radius 3 is 2.38 bits per heavy atom. The summed E-state index contributed by atoms with van der Waals surface area (Å²) in [6.07, 6.45) is 7.44. The third-order valence-corrected chi connectivity index (χ3v) is 6.34. The Morgan fingerprint density at radius 1 is 1.12 bits per heavy atom. The largest absolute Gasteiger partial charge is 0.481 e. The van der Waals surface area contributed by atoms with Gasteiger partial charge in [-0.25, -0.2) is 0 Å². The Kier molecular flexibility index (Phi) is 7.74. The molecule has 6 nitrogen and oxygen atoms in total. The summed E-state index contributed by atoms with van der Waals surface area (Å²) < 4.78 is 0. The third kappa shape index (κ3) is 5.35. The molecule has 0 aromatic heterocycles. The van der Waals surface area contributed by atoms with Crippen LogP contribution < -0.4 is 5.32 Å². The van der Waals surface area contributed by atoms with E-state index in [0.717, 1.165) is 25.7 Å². The molecule has 7 heteroatoms. The van der Waals surface area contributed by atoms with Crippen molar-refractivity contribution in [3.63, 3.8) is 0 Å². The van der Waals surface area contributed by atoms with E-state index < -0.39 is 29.2 Å². The van der Waals surface area contributed by atoms with Crippen molar-refractivity contribution in [2.75, 3.05) is 5.88 Å². The second-order valence-electron chi connectivity index (χ2n) is 7.93. The molecule has 1 amide bonds. The highest BCUT2D eigenvalue weighted by atomic mass is 35.5. The van der Waals surface area contributed by atoms with E-state index >= 15 is 0 Å². The van der Waals surface area contributed by atoms with Crippen molar-refractivity contribution >= 4 is 29.4 Å². The lowest BCUT2D eigenvalue weighted by atomic mass is 9.75. The number of alkyl halides is 1. The number of aliphatic carboxylic acids is 2. The van der Waals surface area contributed by atoms with Gasteiger partial charge in [0.25, 0.3) is 0 Å². The third-order valence-electron chi connectivity index (χ3n) is 6.07. The smallest absolute Gasteiger partial charge is 0.306 e. The summed E-state index contributed by atoms with van der Waals surface area (Å²) in [5, 5.41) is 21.8. The van der Waals surface area contributed by atoms with Crippen LogP contribution in [0.15, 0.2) is 0 Å². The predicted molar refractivity (Wildman–Crippen MR) is 98.1 cm³/mol. The number of rotatable bonds is 9. The van der Waals surface area contributed by atoms with Crippen LogP contribution >= 0.6 is 11.6 Å². The van der Waals surface area contributed by atoms with Crippen LogP contribution in [0.3, 0.4) is 0 Å². The summed E-state index contributed by atoms with van der Waals surface area (Å²) in [7, 11) is 0. The van der Waals surface area contributed by atoms with Gasteiger partial charge in [0, 0.05) is 11.9 Å². The number of carboxylic acids is 2. The summed E-state index contributed by atoms with van der Waals surface area (Å²) in [4.78, 5) is 35.9. The fourth-order valence-electron chi connectivity index (χ4n) is 4.57. The van der Waals surface area contributed by atoms with E-state index in [2.05, 4.69) is 5.32 Å². The Balaban J connectivity index is 2.03. The molecule has 26 heavy (non-hydrogen) atoms. The van der Waals surface area contributed by atoms with Crippen molar-refractivity contribution in [1.82, 2.24) is 5.32 Å². The van der Waals surface area contributed by atoms with Gasteiger partial charge in [0.15, 0.2) is 0 Å². The van der Waals surface area contributed by atoms with Gasteiger partial charge >= 0.3 is 11.9 Å². The molecule has 2 aliphatic rings. The SMILES string of the molecule is O=C(O)C1CCCC(NC(=O)C2(CC(CCCCl)C(=O)O)CCCC2)C1. The molecule has 0 aromatic rings. The summed E-state index contributed by atoms with van der Waals surface area (Å²) >= 11 is 5.71. The quantitative estimate of drug-likeness (QED) is 0.526. The highest BCUT2D eigenvalue weighted by molar-refractivity contribution is 6.17. The predicted octanol–water partition coefficient (Wildman–Crippen LogP) is 3.42. The molecule has 2 fully saturated rings. The lowest BCUT2D eigenvalue weighted by Gasteiger charge is -2.34. The van der Waals surface area contributed by atoms with E-state index in [9.17, 15) is 24.6 Å². The fourth-order valence-corrected chi connectivity index (χ4v) is 4.72. The van der Waals surface area contributed by atoms with Gasteiger partial charge in [-0.1, -0.05) is 19.3 Å². The van der Waals surface area contributed by atoms with Crippen LogP contribution in [0, 0.1) is 17.3 Å². The van der Waals surface area contributed by atoms with Gasteiger partial charge in [0.05, 0.1) is 17.3 Å². The first-order valence-electron chi connectivity index (χ1n) is 9.70. The zero-order valence-electron chi connectivity index (χ0n) is 15.2. The van der Waals surface area contributed by atoms with Gasteiger partial charge in [0.1, 0.15) is 0 Å². The molecule has 0 radical (unpaired) electrons. The van der Waals surface area contributed by atoms with Crippen molar-refractivity contribution < 1.29 is 24.6 Å². The second-order valence-corrected chi connectivity index (χ2v) is 8.31. The lowest BCUT2D eigenvalue weighted by molar-refractivity contribution is -0.146. The molecule has 2 saturated carbocycles. The molecule has 0 saturated heterocycles. The van der Waals surface area contributed by atoms with Crippen molar-refractivity contribution in [2.24, 2.45) is 17.3 Å². The van der Waals surface area contributed by atoms with Crippen LogP contribution in [0.25, 0.3) is 0 Å². The van der Waals surface area contributed by atoms with Gasteiger partial charge in [-0.2, -0.15) is 0 Å². The van der Waals surface area contributed by atoms with Crippen molar-refractivity contribution in [2.45, 2.75) is 76.7 Å². The molecule has 148 valence electrons. The van der Waals surface area contributed by atoms with Crippen LogP contribution in [0.2, 0.25) is 0 Å². The first kappa shape index (κ1) is 21.0. The minimum absolute atomic E-state index is 0.0804. The minimum Gasteiger partial charge on any atom is -0.481 e. The molecule has 0 aromatic carbocycles. The molecule has 3 unspecified atom stereocenters. The molecule has 3 N–H and O–H groups in total. The molecular formula is C19H30ClNO5. The summed E-state index contributed by atoms with van der Waals surface area (Å²) in [5.41, 5.74) is -0.633. The number of hydrogen-bond donors (Lipinski definition) is 3. The average Bonchev–Trinajstić information content (AvgIpc) is 3.08. The zero-order valence-corrected chi connectivity index (χ0v) is 16.0. The number of hydrogen-bond acceptors (Lipinski definition) is 3. The van der Waals surface area contributed by atoms with Gasteiger partial charge in [-0.05, 0) is 51.4 Å². The molecule has 3 atom stereocenters. The topological polar surface area (TPSA) is 104 Å².